The smallest absolute Gasteiger partial charge is 0.248 e. The summed E-state index contributed by atoms with van der Waals surface area (Å²) >= 11 is 0. The second-order valence-electron chi connectivity index (χ2n) is 5.14. The van der Waals surface area contributed by atoms with E-state index >= 15 is 0 Å². The van der Waals surface area contributed by atoms with E-state index in [9.17, 15) is 0 Å². The van der Waals surface area contributed by atoms with E-state index in [0.29, 0.717) is 18.1 Å². The molecule has 108 valence electrons. The summed E-state index contributed by atoms with van der Waals surface area (Å²) in [6.45, 7) is 2.06. The molecule has 21 heavy (non-hydrogen) atoms. The highest BCUT2D eigenvalue weighted by atomic mass is 16.5. The van der Waals surface area contributed by atoms with Crippen molar-refractivity contribution in [2.75, 3.05) is 0 Å². The molecule has 0 saturated heterocycles. The Labute approximate surface area is 122 Å². The quantitative estimate of drug-likeness (QED) is 0.788. The van der Waals surface area contributed by atoms with Gasteiger partial charge in [0.25, 0.3) is 0 Å². The van der Waals surface area contributed by atoms with Crippen LogP contribution in [0.25, 0.3) is 0 Å². The van der Waals surface area contributed by atoms with E-state index in [-0.39, 0.29) is 0 Å². The Hall–Kier alpha value is -2.47. The molecule has 6 heteroatoms. The van der Waals surface area contributed by atoms with E-state index in [4.69, 9.17) is 10.3 Å². The highest BCUT2D eigenvalue weighted by molar-refractivity contribution is 5.24. The van der Waals surface area contributed by atoms with Gasteiger partial charge in [-0.05, 0) is 12.5 Å². The van der Waals surface area contributed by atoms with Crippen molar-refractivity contribution in [3.63, 3.8) is 0 Å². The average molecular weight is 283 g/mol. The molecule has 0 aliphatic carbocycles. The third-order valence-corrected chi connectivity index (χ3v) is 3.32. The fourth-order valence-corrected chi connectivity index (χ4v) is 2.10. The van der Waals surface area contributed by atoms with Crippen LogP contribution in [-0.2, 0) is 13.5 Å². The lowest BCUT2D eigenvalue weighted by atomic mass is 10.1. The summed E-state index contributed by atoms with van der Waals surface area (Å²) in [4.78, 5) is 4.37. The zero-order chi connectivity index (χ0) is 14.8. The minimum atomic E-state index is -0.446. The average Bonchev–Trinajstić information content (AvgIpc) is 3.10. The number of nitrogens with zero attached hydrogens (tertiary/aromatic N) is 4. The highest BCUT2D eigenvalue weighted by Gasteiger charge is 2.18. The third kappa shape index (κ3) is 3.00. The summed E-state index contributed by atoms with van der Waals surface area (Å²) in [5.41, 5.74) is 9.33. The molecule has 0 saturated carbocycles. The van der Waals surface area contributed by atoms with Gasteiger partial charge in [0.05, 0.1) is 6.20 Å². The van der Waals surface area contributed by atoms with E-state index < -0.39 is 6.04 Å². The Bertz CT molecular complexity index is 729. The molecular formula is C15H17N5O. The Morgan fingerprint density at radius 2 is 2.05 bits per heavy atom. The molecule has 2 aromatic heterocycles. The van der Waals surface area contributed by atoms with Crippen molar-refractivity contribution in [2.45, 2.75) is 19.4 Å². The second-order valence-corrected chi connectivity index (χ2v) is 5.14. The minimum Gasteiger partial charge on any atom is -0.337 e. The minimum absolute atomic E-state index is 0.408. The Balaban J connectivity index is 1.75. The molecule has 0 bridgehead atoms. The number of hydrogen-bond donors (Lipinski definition) is 1. The van der Waals surface area contributed by atoms with E-state index in [1.807, 2.05) is 13.2 Å². The van der Waals surface area contributed by atoms with Crippen LogP contribution < -0.4 is 5.73 Å². The first-order valence-corrected chi connectivity index (χ1v) is 6.74. The number of aromatic nitrogens is 4. The first-order valence-electron chi connectivity index (χ1n) is 6.74. The van der Waals surface area contributed by atoms with Crippen LogP contribution >= 0.6 is 0 Å². The van der Waals surface area contributed by atoms with Crippen LogP contribution in [0.1, 0.15) is 34.4 Å². The van der Waals surface area contributed by atoms with Crippen LogP contribution in [0, 0.1) is 6.92 Å². The van der Waals surface area contributed by atoms with Gasteiger partial charge in [0.1, 0.15) is 6.04 Å². The second kappa shape index (κ2) is 5.49. The zero-order valence-corrected chi connectivity index (χ0v) is 12.0. The number of hydrogen-bond acceptors (Lipinski definition) is 5. The summed E-state index contributed by atoms with van der Waals surface area (Å²) < 4.78 is 6.96. The van der Waals surface area contributed by atoms with E-state index in [2.05, 4.69) is 46.4 Å². The number of nitrogens with two attached hydrogens (primary N) is 1. The van der Waals surface area contributed by atoms with Crippen LogP contribution in [0.2, 0.25) is 0 Å². The predicted octanol–water partition coefficient (Wildman–Crippen LogP) is 1.75. The molecule has 2 heterocycles. The van der Waals surface area contributed by atoms with Crippen molar-refractivity contribution >= 4 is 0 Å². The summed E-state index contributed by atoms with van der Waals surface area (Å²) in [5, 5.41) is 8.09. The molecule has 0 radical (unpaired) electrons. The van der Waals surface area contributed by atoms with Gasteiger partial charge in [-0.15, -0.1) is 0 Å². The molecule has 1 atom stereocenters. The summed E-state index contributed by atoms with van der Waals surface area (Å²) in [7, 11) is 1.84. The Morgan fingerprint density at radius 1 is 1.29 bits per heavy atom. The van der Waals surface area contributed by atoms with Crippen molar-refractivity contribution < 1.29 is 4.52 Å². The van der Waals surface area contributed by atoms with Crippen LogP contribution in [0.4, 0.5) is 0 Å². The van der Waals surface area contributed by atoms with Crippen molar-refractivity contribution in [2.24, 2.45) is 12.8 Å². The molecule has 6 nitrogen and oxygen atoms in total. The van der Waals surface area contributed by atoms with Gasteiger partial charge in [-0.3, -0.25) is 4.68 Å². The van der Waals surface area contributed by atoms with Crippen LogP contribution in [0.3, 0.4) is 0 Å². The molecule has 3 aromatic rings. The van der Waals surface area contributed by atoms with Gasteiger partial charge in [0.2, 0.25) is 5.89 Å². The van der Waals surface area contributed by atoms with Gasteiger partial charge in [0.15, 0.2) is 5.82 Å². The summed E-state index contributed by atoms with van der Waals surface area (Å²) in [6.07, 6.45) is 4.17. The summed E-state index contributed by atoms with van der Waals surface area (Å²) in [6, 6.07) is 7.81. The van der Waals surface area contributed by atoms with Crippen LogP contribution in [0.5, 0.6) is 0 Å². The first kappa shape index (κ1) is 13.5. The van der Waals surface area contributed by atoms with Gasteiger partial charge in [-0.2, -0.15) is 10.1 Å². The van der Waals surface area contributed by atoms with Gasteiger partial charge in [0, 0.05) is 25.2 Å². The molecule has 3 rings (SSSR count). The Morgan fingerprint density at radius 3 is 2.71 bits per heavy atom. The van der Waals surface area contributed by atoms with Gasteiger partial charge in [-0.25, -0.2) is 0 Å². The SMILES string of the molecule is Cc1ccc(Cc2noc(C(N)c3cnn(C)c3)n2)cc1. The fraction of sp³-hybridized carbons (Fsp3) is 0.267. The fourth-order valence-electron chi connectivity index (χ4n) is 2.10. The predicted molar refractivity (Wildman–Crippen MR) is 77.5 cm³/mol. The van der Waals surface area contributed by atoms with Crippen LogP contribution in [-0.4, -0.2) is 19.9 Å². The lowest BCUT2D eigenvalue weighted by molar-refractivity contribution is 0.363. The van der Waals surface area contributed by atoms with E-state index in [0.717, 1.165) is 11.1 Å². The molecule has 0 aliphatic heterocycles. The van der Waals surface area contributed by atoms with Gasteiger partial charge in [-0.1, -0.05) is 35.0 Å². The van der Waals surface area contributed by atoms with Crippen molar-refractivity contribution in [3.8, 4) is 0 Å². The highest BCUT2D eigenvalue weighted by Crippen LogP contribution is 2.18. The maximum Gasteiger partial charge on any atom is 0.248 e. The summed E-state index contributed by atoms with van der Waals surface area (Å²) in [5.74, 6) is 1.04. The monoisotopic (exact) mass is 283 g/mol. The topological polar surface area (TPSA) is 82.8 Å². The number of rotatable bonds is 4. The third-order valence-electron chi connectivity index (χ3n) is 3.32. The van der Waals surface area contributed by atoms with Gasteiger partial charge >= 0.3 is 0 Å². The van der Waals surface area contributed by atoms with E-state index in [1.165, 1.54) is 5.56 Å². The molecule has 0 amide bonds. The standard InChI is InChI=1S/C15H17N5O/c1-10-3-5-11(6-4-10)7-13-18-15(21-19-13)14(16)12-8-17-20(2)9-12/h3-6,8-9,14H,7,16H2,1-2H3. The first-order chi connectivity index (χ1) is 10.1. The molecule has 0 fully saturated rings. The van der Waals surface area contributed by atoms with Crippen molar-refractivity contribution in [1.82, 2.24) is 19.9 Å². The van der Waals surface area contributed by atoms with Crippen molar-refractivity contribution in [3.05, 3.63) is 65.1 Å². The van der Waals surface area contributed by atoms with Crippen molar-refractivity contribution in [1.29, 1.82) is 0 Å². The number of benzene rings is 1. The largest absolute Gasteiger partial charge is 0.337 e. The lowest BCUT2D eigenvalue weighted by Gasteiger charge is -2.01. The van der Waals surface area contributed by atoms with Crippen LogP contribution in [0.15, 0.2) is 41.2 Å². The lowest BCUT2D eigenvalue weighted by Crippen LogP contribution is -2.11. The maximum absolute atomic E-state index is 6.11. The molecular weight excluding hydrogens is 266 g/mol. The Kier molecular flexibility index (Phi) is 3.53. The normalized spacial score (nSPS) is 12.5. The zero-order valence-electron chi connectivity index (χ0n) is 12.0. The maximum atomic E-state index is 6.11. The molecule has 1 aromatic carbocycles. The molecule has 1 unspecified atom stereocenters. The molecule has 0 spiro atoms. The number of aryl methyl sites for hydroxylation is 2. The molecule has 0 aliphatic rings. The van der Waals surface area contributed by atoms with E-state index in [1.54, 1.807) is 10.9 Å². The molecule has 2 N–H and O–H groups in total. The van der Waals surface area contributed by atoms with Gasteiger partial charge < -0.3 is 10.3 Å².